The maximum absolute atomic E-state index is 5.91. The highest BCUT2D eigenvalue weighted by Crippen LogP contribution is 2.37. The molecular weight excluding hydrogens is 212 g/mol. The number of hydrogen-bond acceptors (Lipinski definition) is 3. The summed E-state index contributed by atoms with van der Waals surface area (Å²) >= 11 is 0. The third-order valence-electron chi connectivity index (χ3n) is 4.04. The zero-order chi connectivity index (χ0) is 12.6. The smallest absolute Gasteiger partial charge is 0.0641 e. The zero-order valence-electron chi connectivity index (χ0n) is 11.3. The number of hydrogen-bond donors (Lipinski definition) is 1. The largest absolute Gasteiger partial charge is 0.329 e. The van der Waals surface area contributed by atoms with Crippen LogP contribution in [-0.2, 0) is 7.05 Å². The summed E-state index contributed by atoms with van der Waals surface area (Å²) in [6, 6.07) is 0.905. The fraction of sp³-hybridized carbons (Fsp3) is 0.769. The molecule has 17 heavy (non-hydrogen) atoms. The lowest BCUT2D eigenvalue weighted by Crippen LogP contribution is -2.41. The lowest BCUT2D eigenvalue weighted by molar-refractivity contribution is 0.170. The summed E-state index contributed by atoms with van der Waals surface area (Å²) in [5, 5.41) is 4.42. The summed E-state index contributed by atoms with van der Waals surface area (Å²) in [6.07, 6.45) is 4.80. The molecule has 1 aliphatic carbocycles. The number of nitrogens with two attached hydrogens (primary N) is 1. The molecule has 96 valence electrons. The van der Waals surface area contributed by atoms with Crippen LogP contribution in [0.5, 0.6) is 0 Å². The van der Waals surface area contributed by atoms with E-state index < -0.39 is 0 Å². The van der Waals surface area contributed by atoms with Gasteiger partial charge in [-0.1, -0.05) is 0 Å². The van der Waals surface area contributed by atoms with Crippen LogP contribution in [0, 0.1) is 12.8 Å². The minimum Gasteiger partial charge on any atom is -0.329 e. The summed E-state index contributed by atoms with van der Waals surface area (Å²) in [5.74, 6) is 0.810. The number of aromatic nitrogens is 2. The van der Waals surface area contributed by atoms with Crippen LogP contribution in [0.3, 0.4) is 0 Å². The van der Waals surface area contributed by atoms with Crippen LogP contribution in [0.1, 0.15) is 37.1 Å². The minimum absolute atomic E-state index is 0.387. The third kappa shape index (κ3) is 2.53. The topological polar surface area (TPSA) is 47.1 Å². The Hall–Kier alpha value is -0.870. The maximum atomic E-state index is 5.91. The summed E-state index contributed by atoms with van der Waals surface area (Å²) < 4.78 is 1.89. The Bertz CT molecular complexity index is 381. The second-order valence-corrected chi connectivity index (χ2v) is 5.33. The summed E-state index contributed by atoms with van der Waals surface area (Å²) in [4.78, 5) is 2.42. The van der Waals surface area contributed by atoms with Crippen LogP contribution in [0.2, 0.25) is 0 Å². The molecule has 1 aromatic heterocycles. The standard InChI is InChI=1S/C13H24N4/c1-9-12(8-16(3)15-9)10(2)17(4)13(7-14)11-5-6-11/h8,10-11,13H,5-7,14H2,1-4H3. The minimum atomic E-state index is 0.387. The first-order valence-electron chi connectivity index (χ1n) is 6.46. The Kier molecular flexibility index (Phi) is 3.54. The Labute approximate surface area is 104 Å². The van der Waals surface area contributed by atoms with Crippen LogP contribution < -0.4 is 5.73 Å². The second-order valence-electron chi connectivity index (χ2n) is 5.33. The molecule has 0 saturated heterocycles. The van der Waals surface area contributed by atoms with E-state index in [2.05, 4.69) is 37.1 Å². The fourth-order valence-electron chi connectivity index (χ4n) is 2.71. The van der Waals surface area contributed by atoms with E-state index in [0.29, 0.717) is 12.1 Å². The Morgan fingerprint density at radius 2 is 2.24 bits per heavy atom. The molecule has 0 aliphatic heterocycles. The molecule has 2 unspecified atom stereocenters. The predicted octanol–water partition coefficient (Wildman–Crippen LogP) is 1.46. The van der Waals surface area contributed by atoms with Gasteiger partial charge in [0.25, 0.3) is 0 Å². The molecule has 1 aromatic rings. The quantitative estimate of drug-likeness (QED) is 0.842. The molecule has 2 rings (SSSR count). The summed E-state index contributed by atoms with van der Waals surface area (Å²) in [7, 11) is 4.16. The summed E-state index contributed by atoms with van der Waals surface area (Å²) in [5.41, 5.74) is 8.35. The lowest BCUT2D eigenvalue weighted by atomic mass is 10.0. The molecule has 0 bridgehead atoms. The van der Waals surface area contributed by atoms with Crippen molar-refractivity contribution in [3.63, 3.8) is 0 Å². The van der Waals surface area contributed by atoms with Gasteiger partial charge in [0.1, 0.15) is 0 Å². The molecule has 1 aliphatic rings. The normalized spacial score (nSPS) is 19.6. The fourth-order valence-corrected chi connectivity index (χ4v) is 2.71. The van der Waals surface area contributed by atoms with Crippen molar-refractivity contribution in [3.05, 3.63) is 17.5 Å². The lowest BCUT2D eigenvalue weighted by Gasteiger charge is -2.32. The van der Waals surface area contributed by atoms with Crippen molar-refractivity contribution in [1.82, 2.24) is 14.7 Å². The van der Waals surface area contributed by atoms with Crippen molar-refractivity contribution >= 4 is 0 Å². The van der Waals surface area contributed by atoms with Gasteiger partial charge in [-0.25, -0.2) is 0 Å². The van der Waals surface area contributed by atoms with Gasteiger partial charge >= 0.3 is 0 Å². The van der Waals surface area contributed by atoms with Gasteiger partial charge in [0.05, 0.1) is 5.69 Å². The first kappa shape index (κ1) is 12.6. The SMILES string of the molecule is Cc1nn(C)cc1C(C)N(C)C(CN)C1CC1. The van der Waals surface area contributed by atoms with Gasteiger partial charge in [-0.05, 0) is 39.7 Å². The van der Waals surface area contributed by atoms with Gasteiger partial charge in [0.15, 0.2) is 0 Å². The molecule has 0 spiro atoms. The van der Waals surface area contributed by atoms with E-state index in [-0.39, 0.29) is 0 Å². The molecule has 1 heterocycles. The van der Waals surface area contributed by atoms with Crippen LogP contribution in [0.25, 0.3) is 0 Å². The first-order valence-corrected chi connectivity index (χ1v) is 6.46. The molecular formula is C13H24N4. The van der Waals surface area contributed by atoms with Crippen LogP contribution in [0.4, 0.5) is 0 Å². The summed E-state index contributed by atoms with van der Waals surface area (Å²) in [6.45, 7) is 5.08. The van der Waals surface area contributed by atoms with E-state index in [9.17, 15) is 0 Å². The number of aryl methyl sites for hydroxylation is 2. The van der Waals surface area contributed by atoms with Crippen molar-refractivity contribution < 1.29 is 0 Å². The molecule has 0 amide bonds. The maximum Gasteiger partial charge on any atom is 0.0641 e. The molecule has 0 radical (unpaired) electrons. The van der Waals surface area contributed by atoms with E-state index in [1.54, 1.807) is 0 Å². The molecule has 4 nitrogen and oxygen atoms in total. The van der Waals surface area contributed by atoms with Crippen molar-refractivity contribution in [3.8, 4) is 0 Å². The van der Waals surface area contributed by atoms with Crippen LogP contribution in [0.15, 0.2) is 6.20 Å². The van der Waals surface area contributed by atoms with Crippen molar-refractivity contribution in [2.45, 2.75) is 38.8 Å². The zero-order valence-corrected chi connectivity index (χ0v) is 11.3. The number of likely N-dealkylation sites (N-methyl/N-ethyl adjacent to an activating group) is 1. The molecule has 4 heteroatoms. The van der Waals surface area contributed by atoms with E-state index in [4.69, 9.17) is 5.73 Å². The van der Waals surface area contributed by atoms with E-state index in [1.165, 1.54) is 18.4 Å². The van der Waals surface area contributed by atoms with Crippen molar-refractivity contribution in [2.24, 2.45) is 18.7 Å². The molecule has 1 saturated carbocycles. The highest BCUT2D eigenvalue weighted by Gasteiger charge is 2.35. The monoisotopic (exact) mass is 236 g/mol. The van der Waals surface area contributed by atoms with Gasteiger partial charge in [0.2, 0.25) is 0 Å². The van der Waals surface area contributed by atoms with Crippen LogP contribution in [-0.4, -0.2) is 34.3 Å². The molecule has 2 N–H and O–H groups in total. The molecule has 0 aromatic carbocycles. The second kappa shape index (κ2) is 4.78. The average Bonchev–Trinajstić information content (AvgIpc) is 3.04. The Morgan fingerprint density at radius 3 is 2.65 bits per heavy atom. The average molecular weight is 236 g/mol. The van der Waals surface area contributed by atoms with Crippen molar-refractivity contribution in [2.75, 3.05) is 13.6 Å². The van der Waals surface area contributed by atoms with Gasteiger partial charge in [-0.3, -0.25) is 9.58 Å². The van der Waals surface area contributed by atoms with Gasteiger partial charge in [-0.2, -0.15) is 5.10 Å². The highest BCUT2D eigenvalue weighted by atomic mass is 15.3. The highest BCUT2D eigenvalue weighted by molar-refractivity contribution is 5.19. The third-order valence-corrected chi connectivity index (χ3v) is 4.04. The van der Waals surface area contributed by atoms with Gasteiger partial charge in [-0.15, -0.1) is 0 Å². The molecule has 1 fully saturated rings. The van der Waals surface area contributed by atoms with E-state index in [1.807, 2.05) is 11.7 Å². The number of rotatable bonds is 5. The van der Waals surface area contributed by atoms with Crippen molar-refractivity contribution in [1.29, 1.82) is 0 Å². The Morgan fingerprint density at radius 1 is 1.59 bits per heavy atom. The van der Waals surface area contributed by atoms with Crippen LogP contribution >= 0.6 is 0 Å². The van der Waals surface area contributed by atoms with E-state index >= 15 is 0 Å². The number of nitrogens with zero attached hydrogens (tertiary/aromatic N) is 3. The predicted molar refractivity (Wildman–Crippen MR) is 69.7 cm³/mol. The molecule has 2 atom stereocenters. The first-order chi connectivity index (χ1) is 8.04. The van der Waals surface area contributed by atoms with Gasteiger partial charge in [0, 0.05) is 37.4 Å². The van der Waals surface area contributed by atoms with Gasteiger partial charge < -0.3 is 5.73 Å². The van der Waals surface area contributed by atoms with E-state index in [0.717, 1.165) is 18.2 Å². The Balaban J connectivity index is 2.12.